The Morgan fingerprint density at radius 2 is 1.70 bits per heavy atom. The van der Waals surface area contributed by atoms with Gasteiger partial charge in [0.2, 0.25) is 5.95 Å². The lowest BCUT2D eigenvalue weighted by molar-refractivity contribution is 0.0991. The molecule has 0 saturated carbocycles. The Kier molecular flexibility index (Phi) is 7.36. The number of nitrogens with one attached hydrogen (secondary N) is 1. The van der Waals surface area contributed by atoms with Crippen LogP contribution >= 0.6 is 58.0 Å². The van der Waals surface area contributed by atoms with E-state index in [1.54, 1.807) is 24.3 Å². The van der Waals surface area contributed by atoms with E-state index < -0.39 is 5.91 Å². The number of benzene rings is 2. The summed E-state index contributed by atoms with van der Waals surface area (Å²) in [5.74, 6) is 0.259. The zero-order valence-corrected chi connectivity index (χ0v) is 20.3. The summed E-state index contributed by atoms with van der Waals surface area (Å²) in [4.78, 5) is 16.6. The first-order valence-corrected chi connectivity index (χ1v) is 11.2. The molecule has 0 saturated heterocycles. The van der Waals surface area contributed by atoms with Crippen molar-refractivity contribution in [3.8, 4) is 5.75 Å². The number of nitrogens with zero attached hydrogens (tertiary/aromatic N) is 3. The van der Waals surface area contributed by atoms with Crippen molar-refractivity contribution in [2.45, 2.75) is 13.2 Å². The highest BCUT2D eigenvalue weighted by Crippen LogP contribution is 2.36. The van der Waals surface area contributed by atoms with Gasteiger partial charge in [-0.05, 0) is 36.4 Å². The average Bonchev–Trinajstić information content (AvgIpc) is 3.40. The molecule has 2 aromatic heterocycles. The summed E-state index contributed by atoms with van der Waals surface area (Å²) >= 11 is 30.5. The van der Waals surface area contributed by atoms with Crippen LogP contribution in [0.2, 0.25) is 25.1 Å². The number of ether oxygens (including phenoxy) is 1. The number of hydrogen-bond acceptors (Lipinski definition) is 5. The van der Waals surface area contributed by atoms with E-state index in [1.807, 2.05) is 0 Å². The van der Waals surface area contributed by atoms with Gasteiger partial charge in [-0.15, -0.1) is 5.10 Å². The molecular formula is C21H13Cl5N4O3. The molecule has 12 heteroatoms. The Labute approximate surface area is 213 Å². The van der Waals surface area contributed by atoms with Crippen LogP contribution in [0.3, 0.4) is 0 Å². The van der Waals surface area contributed by atoms with Crippen LogP contribution in [0.1, 0.15) is 21.9 Å². The number of anilines is 1. The molecule has 0 fully saturated rings. The predicted molar refractivity (Wildman–Crippen MR) is 128 cm³/mol. The van der Waals surface area contributed by atoms with Crippen LogP contribution in [0.25, 0.3) is 0 Å². The lowest BCUT2D eigenvalue weighted by atomic mass is 10.2. The first kappa shape index (κ1) is 23.7. The predicted octanol–water partition coefficient (Wildman–Crippen LogP) is 7.02. The lowest BCUT2D eigenvalue weighted by Crippen LogP contribution is -2.12. The standard InChI is InChI=1S/C21H13Cl5N4O3/c22-11-6-16(25)19(17(26)7-11)32-9-12-4-5-18(33-12)20(31)28-21-27-10-30(29-21)8-13-14(23)2-1-3-15(13)24/h1-7,10H,8-9H2,(H,28,29,31). The molecule has 0 spiro atoms. The summed E-state index contributed by atoms with van der Waals surface area (Å²) in [6, 6.07) is 11.3. The fraction of sp³-hybridized carbons (Fsp3) is 0.0952. The van der Waals surface area contributed by atoms with Crippen molar-refractivity contribution < 1.29 is 13.9 Å². The quantitative estimate of drug-likeness (QED) is 0.269. The van der Waals surface area contributed by atoms with Crippen LogP contribution < -0.4 is 10.1 Å². The topological polar surface area (TPSA) is 82.2 Å². The molecule has 170 valence electrons. The van der Waals surface area contributed by atoms with E-state index in [0.717, 1.165) is 0 Å². The molecule has 33 heavy (non-hydrogen) atoms. The molecule has 0 bridgehead atoms. The maximum atomic E-state index is 12.5. The molecule has 4 aromatic rings. The zero-order chi connectivity index (χ0) is 23.5. The summed E-state index contributed by atoms with van der Waals surface area (Å²) in [7, 11) is 0. The third kappa shape index (κ3) is 5.75. The zero-order valence-electron chi connectivity index (χ0n) is 16.5. The second-order valence-corrected chi connectivity index (χ2v) is 8.74. The van der Waals surface area contributed by atoms with E-state index in [-0.39, 0.29) is 34.1 Å². The smallest absolute Gasteiger partial charge is 0.293 e. The van der Waals surface area contributed by atoms with E-state index >= 15 is 0 Å². The van der Waals surface area contributed by atoms with Crippen molar-refractivity contribution in [2.75, 3.05) is 5.32 Å². The molecular weight excluding hydrogens is 534 g/mol. The Morgan fingerprint density at radius 3 is 2.39 bits per heavy atom. The van der Waals surface area contributed by atoms with Gasteiger partial charge in [0.15, 0.2) is 11.5 Å². The summed E-state index contributed by atoms with van der Waals surface area (Å²) in [6.07, 6.45) is 1.45. The Morgan fingerprint density at radius 1 is 1.00 bits per heavy atom. The van der Waals surface area contributed by atoms with Crippen molar-refractivity contribution in [3.63, 3.8) is 0 Å². The summed E-state index contributed by atoms with van der Waals surface area (Å²) < 4.78 is 12.6. The molecule has 4 rings (SSSR count). The van der Waals surface area contributed by atoms with E-state index in [9.17, 15) is 4.79 Å². The molecule has 0 aliphatic rings. The second kappa shape index (κ2) is 10.2. The third-order valence-electron chi connectivity index (χ3n) is 4.35. The molecule has 7 nitrogen and oxygen atoms in total. The molecule has 2 aromatic carbocycles. The van der Waals surface area contributed by atoms with Crippen LogP contribution in [0.15, 0.2) is 53.2 Å². The van der Waals surface area contributed by atoms with Gasteiger partial charge in [0, 0.05) is 20.6 Å². The summed E-state index contributed by atoms with van der Waals surface area (Å²) in [5, 5.41) is 8.71. The second-order valence-electron chi connectivity index (χ2n) is 6.67. The number of carbonyl (C=O) groups excluding carboxylic acids is 1. The molecule has 1 amide bonds. The molecule has 0 aliphatic heterocycles. The first-order valence-electron chi connectivity index (χ1n) is 9.30. The van der Waals surface area contributed by atoms with Crippen molar-refractivity contribution in [2.24, 2.45) is 0 Å². The molecule has 0 atom stereocenters. The molecule has 0 aliphatic carbocycles. The Bertz CT molecular complexity index is 1280. The van der Waals surface area contributed by atoms with Gasteiger partial charge in [0.1, 0.15) is 18.7 Å². The highest BCUT2D eigenvalue weighted by molar-refractivity contribution is 6.40. The molecule has 0 radical (unpaired) electrons. The molecule has 0 unspecified atom stereocenters. The van der Waals surface area contributed by atoms with Gasteiger partial charge in [-0.1, -0.05) is 64.1 Å². The van der Waals surface area contributed by atoms with E-state index in [0.29, 0.717) is 32.9 Å². The average molecular weight is 547 g/mol. The normalized spacial score (nSPS) is 10.9. The highest BCUT2D eigenvalue weighted by Gasteiger charge is 2.16. The van der Waals surface area contributed by atoms with Crippen molar-refractivity contribution >= 4 is 69.9 Å². The number of halogens is 5. The van der Waals surface area contributed by atoms with Gasteiger partial charge in [0.25, 0.3) is 5.91 Å². The maximum absolute atomic E-state index is 12.5. The highest BCUT2D eigenvalue weighted by atomic mass is 35.5. The van der Waals surface area contributed by atoms with E-state index in [1.165, 1.54) is 29.2 Å². The van der Waals surface area contributed by atoms with Gasteiger partial charge in [0.05, 0.1) is 16.6 Å². The number of rotatable bonds is 7. The minimum atomic E-state index is -0.530. The fourth-order valence-electron chi connectivity index (χ4n) is 2.82. The van der Waals surface area contributed by atoms with Crippen LogP contribution in [0.5, 0.6) is 5.75 Å². The fourth-order valence-corrected chi connectivity index (χ4v) is 4.27. The van der Waals surface area contributed by atoms with Gasteiger partial charge in [-0.25, -0.2) is 9.67 Å². The van der Waals surface area contributed by atoms with Crippen molar-refractivity contribution in [1.29, 1.82) is 0 Å². The minimum Gasteiger partial charge on any atom is -0.483 e. The minimum absolute atomic E-state index is 0.000175. The van der Waals surface area contributed by atoms with Crippen molar-refractivity contribution in [3.05, 3.63) is 91.0 Å². The molecule has 2 heterocycles. The third-order valence-corrected chi connectivity index (χ3v) is 5.84. The first-order chi connectivity index (χ1) is 15.8. The van der Waals surface area contributed by atoms with Gasteiger partial charge in [-0.3, -0.25) is 10.1 Å². The maximum Gasteiger partial charge on any atom is 0.293 e. The number of hydrogen-bond donors (Lipinski definition) is 1. The van der Waals surface area contributed by atoms with Gasteiger partial charge >= 0.3 is 0 Å². The van der Waals surface area contributed by atoms with E-state index in [4.69, 9.17) is 67.2 Å². The van der Waals surface area contributed by atoms with Crippen molar-refractivity contribution in [1.82, 2.24) is 14.8 Å². The number of amides is 1. The largest absolute Gasteiger partial charge is 0.483 e. The monoisotopic (exact) mass is 544 g/mol. The number of aromatic nitrogens is 3. The van der Waals surface area contributed by atoms with Crippen LogP contribution in [-0.2, 0) is 13.2 Å². The summed E-state index contributed by atoms with van der Waals surface area (Å²) in [6.45, 7) is 0.291. The lowest BCUT2D eigenvalue weighted by Gasteiger charge is -2.09. The van der Waals surface area contributed by atoms with Gasteiger partial charge in [-0.2, -0.15) is 0 Å². The molecule has 1 N–H and O–H groups in total. The van der Waals surface area contributed by atoms with E-state index in [2.05, 4.69) is 15.4 Å². The van der Waals surface area contributed by atoms with Crippen LogP contribution in [0.4, 0.5) is 5.95 Å². The summed E-state index contributed by atoms with van der Waals surface area (Å²) in [5.41, 5.74) is 0.695. The SMILES string of the molecule is O=C(Nc1ncn(Cc2c(Cl)cccc2Cl)n1)c1ccc(COc2c(Cl)cc(Cl)cc2Cl)o1. The number of carbonyl (C=O) groups is 1. The Hall–Kier alpha value is -2.42. The number of furan rings is 1. The Balaban J connectivity index is 1.37. The van der Waals surface area contributed by atoms with Crippen LogP contribution in [0, 0.1) is 0 Å². The van der Waals surface area contributed by atoms with Gasteiger partial charge < -0.3 is 9.15 Å². The van der Waals surface area contributed by atoms with Crippen LogP contribution in [-0.4, -0.2) is 20.7 Å².